The van der Waals surface area contributed by atoms with Crippen molar-refractivity contribution in [2.45, 2.75) is 18.0 Å². The zero-order valence-electron chi connectivity index (χ0n) is 12.2. The number of amides is 2. The van der Waals surface area contributed by atoms with Gasteiger partial charge in [-0.2, -0.15) is 13.2 Å². The van der Waals surface area contributed by atoms with Gasteiger partial charge in [0.15, 0.2) is 0 Å². The molecule has 3 rings (SSSR count). The summed E-state index contributed by atoms with van der Waals surface area (Å²) in [6, 6.07) is 0. The van der Waals surface area contributed by atoms with Crippen LogP contribution in [0.1, 0.15) is 6.42 Å². The van der Waals surface area contributed by atoms with Gasteiger partial charge in [-0.3, -0.25) is 14.5 Å². The Balaban J connectivity index is 1.73. The highest BCUT2D eigenvalue weighted by Gasteiger charge is 2.51. The first-order valence-electron chi connectivity index (χ1n) is 7.14. The van der Waals surface area contributed by atoms with E-state index in [4.69, 9.17) is 5.11 Å². The molecule has 2 atom stereocenters. The maximum Gasteiger partial charge on any atom is 0.406 e. The van der Waals surface area contributed by atoms with E-state index in [1.54, 1.807) is 0 Å². The van der Waals surface area contributed by atoms with Crippen molar-refractivity contribution in [2.75, 3.05) is 18.8 Å². The standard InChI is InChI=1S/C14H13F3N2O4S/c15-14(16,17)6-18-3-1-7(10(18)20)5-8-11(21)19-9(13(22)23)2-4-24-12(8)19/h2,5,8,12H,1,3-4,6H2,(H,22,23)/b7-5+/t8?,12-/m0/s1. The van der Waals surface area contributed by atoms with Gasteiger partial charge in [0.2, 0.25) is 11.8 Å². The monoisotopic (exact) mass is 362 g/mol. The van der Waals surface area contributed by atoms with E-state index in [0.717, 1.165) is 4.90 Å². The van der Waals surface area contributed by atoms with Crippen molar-refractivity contribution in [1.29, 1.82) is 0 Å². The number of β-lactam (4-membered cyclic amide) rings is 1. The summed E-state index contributed by atoms with van der Waals surface area (Å²) < 4.78 is 37.2. The van der Waals surface area contributed by atoms with Gasteiger partial charge in [0, 0.05) is 17.9 Å². The summed E-state index contributed by atoms with van der Waals surface area (Å²) >= 11 is 1.36. The van der Waals surface area contributed by atoms with Gasteiger partial charge in [-0.1, -0.05) is 6.08 Å². The highest BCUT2D eigenvalue weighted by atomic mass is 32.2. The molecule has 6 nitrogen and oxygen atoms in total. The molecule has 24 heavy (non-hydrogen) atoms. The molecule has 0 spiro atoms. The van der Waals surface area contributed by atoms with Crippen LogP contribution in [0.3, 0.4) is 0 Å². The van der Waals surface area contributed by atoms with Crippen molar-refractivity contribution in [2.24, 2.45) is 5.92 Å². The first-order valence-corrected chi connectivity index (χ1v) is 8.19. The third-order valence-electron chi connectivity index (χ3n) is 4.07. The zero-order valence-corrected chi connectivity index (χ0v) is 13.1. The van der Waals surface area contributed by atoms with Crippen LogP contribution >= 0.6 is 11.8 Å². The quantitative estimate of drug-likeness (QED) is 0.603. The second kappa shape index (κ2) is 5.83. The number of carbonyl (C=O) groups excluding carboxylic acids is 2. The van der Waals surface area contributed by atoms with E-state index < -0.39 is 41.8 Å². The lowest BCUT2D eigenvalue weighted by molar-refractivity contribution is -0.156. The fourth-order valence-electron chi connectivity index (χ4n) is 2.99. The number of alkyl halides is 3. The molecule has 0 aromatic rings. The second-order valence-electron chi connectivity index (χ2n) is 5.64. The zero-order chi connectivity index (χ0) is 17.6. The summed E-state index contributed by atoms with van der Waals surface area (Å²) in [5.74, 6) is -2.62. The van der Waals surface area contributed by atoms with Crippen LogP contribution in [0.25, 0.3) is 0 Å². The average Bonchev–Trinajstić information content (AvgIpc) is 2.82. The number of likely N-dealkylation sites (tertiary alicyclic amines) is 1. The fourth-order valence-corrected chi connectivity index (χ4v) is 4.21. The molecule has 2 amide bonds. The maximum absolute atomic E-state index is 12.4. The van der Waals surface area contributed by atoms with Gasteiger partial charge in [-0.25, -0.2) is 4.79 Å². The molecule has 3 heterocycles. The molecule has 0 aromatic heterocycles. The Kier molecular flexibility index (Phi) is 4.10. The van der Waals surface area contributed by atoms with Crippen molar-refractivity contribution < 1.29 is 32.7 Å². The number of hydrogen-bond acceptors (Lipinski definition) is 4. The molecule has 3 aliphatic heterocycles. The van der Waals surface area contributed by atoms with Crippen molar-refractivity contribution in [3.63, 3.8) is 0 Å². The first kappa shape index (κ1) is 16.9. The van der Waals surface area contributed by atoms with Crippen LogP contribution in [-0.4, -0.2) is 63.1 Å². The smallest absolute Gasteiger partial charge is 0.406 e. The Labute approximate surface area is 139 Å². The van der Waals surface area contributed by atoms with Crippen molar-refractivity contribution in [1.82, 2.24) is 9.80 Å². The molecule has 3 aliphatic rings. The number of aliphatic carboxylic acids is 1. The van der Waals surface area contributed by atoms with Crippen LogP contribution in [0.4, 0.5) is 13.2 Å². The Morgan fingerprint density at radius 1 is 1.42 bits per heavy atom. The predicted molar refractivity (Wildman–Crippen MR) is 77.6 cm³/mol. The topological polar surface area (TPSA) is 77.9 Å². The van der Waals surface area contributed by atoms with Crippen LogP contribution in [0.5, 0.6) is 0 Å². The number of hydrogen-bond donors (Lipinski definition) is 1. The summed E-state index contributed by atoms with van der Waals surface area (Å²) in [7, 11) is 0. The SMILES string of the molecule is O=C(O)C1=CCS[C@H]2C(/C=C3\CCN(CC(F)(F)F)C3=O)C(=O)N12. The molecule has 0 saturated carbocycles. The Bertz CT molecular complexity index is 673. The van der Waals surface area contributed by atoms with Crippen LogP contribution in [0, 0.1) is 5.92 Å². The number of carboxylic acids is 1. The number of nitrogens with zero attached hydrogens (tertiary/aromatic N) is 2. The van der Waals surface area contributed by atoms with Gasteiger partial charge in [-0.15, -0.1) is 11.8 Å². The summed E-state index contributed by atoms with van der Waals surface area (Å²) in [5, 5.41) is 8.65. The number of carbonyl (C=O) groups is 3. The molecule has 0 radical (unpaired) electrons. The highest BCUT2D eigenvalue weighted by Crippen LogP contribution is 2.43. The molecular formula is C14H13F3N2O4S. The van der Waals surface area contributed by atoms with Gasteiger partial charge >= 0.3 is 12.1 Å². The van der Waals surface area contributed by atoms with E-state index in [2.05, 4.69) is 0 Å². The van der Waals surface area contributed by atoms with Gasteiger partial charge in [0.25, 0.3) is 0 Å². The largest absolute Gasteiger partial charge is 0.477 e. The maximum atomic E-state index is 12.4. The van der Waals surface area contributed by atoms with Crippen molar-refractivity contribution in [3.05, 3.63) is 23.4 Å². The van der Waals surface area contributed by atoms with Crippen LogP contribution in [-0.2, 0) is 14.4 Å². The summed E-state index contributed by atoms with van der Waals surface area (Å²) in [4.78, 5) is 37.2. The molecular weight excluding hydrogens is 349 g/mol. The molecule has 0 aliphatic carbocycles. The molecule has 0 bridgehead atoms. The fraction of sp³-hybridized carbons (Fsp3) is 0.500. The Hall–Kier alpha value is -1.97. The molecule has 1 N–H and O–H groups in total. The lowest BCUT2D eigenvalue weighted by atomic mass is 9.93. The number of halogens is 3. The molecule has 1 unspecified atom stereocenters. The first-order chi connectivity index (χ1) is 11.2. The van der Waals surface area contributed by atoms with E-state index in [1.165, 1.54) is 23.9 Å². The third kappa shape index (κ3) is 2.90. The van der Waals surface area contributed by atoms with Crippen LogP contribution in [0.2, 0.25) is 0 Å². The van der Waals surface area contributed by atoms with Crippen LogP contribution < -0.4 is 0 Å². The average molecular weight is 362 g/mol. The number of fused-ring (bicyclic) bond motifs is 1. The summed E-state index contributed by atoms with van der Waals surface area (Å²) in [5.41, 5.74) is 0.0964. The van der Waals surface area contributed by atoms with Crippen molar-refractivity contribution in [3.8, 4) is 0 Å². The predicted octanol–water partition coefficient (Wildman–Crippen LogP) is 1.21. The second-order valence-corrected chi connectivity index (χ2v) is 6.79. The van der Waals surface area contributed by atoms with E-state index in [9.17, 15) is 27.6 Å². The molecule has 130 valence electrons. The van der Waals surface area contributed by atoms with Gasteiger partial charge in [-0.05, 0) is 12.5 Å². The van der Waals surface area contributed by atoms with E-state index in [1.807, 2.05) is 0 Å². The van der Waals surface area contributed by atoms with E-state index in [-0.39, 0.29) is 24.2 Å². The number of rotatable bonds is 3. The van der Waals surface area contributed by atoms with Gasteiger partial charge < -0.3 is 10.0 Å². The molecule has 2 fully saturated rings. The lowest BCUT2D eigenvalue weighted by Gasteiger charge is -2.47. The van der Waals surface area contributed by atoms with Gasteiger partial charge in [0.05, 0.1) is 11.3 Å². The Morgan fingerprint density at radius 2 is 2.12 bits per heavy atom. The highest BCUT2D eigenvalue weighted by molar-refractivity contribution is 8.00. The summed E-state index contributed by atoms with van der Waals surface area (Å²) in [6.07, 6.45) is -1.47. The van der Waals surface area contributed by atoms with Crippen LogP contribution in [0.15, 0.2) is 23.4 Å². The minimum atomic E-state index is -4.46. The van der Waals surface area contributed by atoms with E-state index in [0.29, 0.717) is 10.7 Å². The van der Waals surface area contributed by atoms with Gasteiger partial charge in [0.1, 0.15) is 12.2 Å². The molecule has 2 saturated heterocycles. The number of thioether (sulfide) groups is 1. The van der Waals surface area contributed by atoms with E-state index >= 15 is 0 Å². The van der Waals surface area contributed by atoms with Crippen molar-refractivity contribution >= 4 is 29.5 Å². The summed E-state index contributed by atoms with van der Waals surface area (Å²) in [6.45, 7) is -1.34. The normalized spacial score (nSPS) is 28.8. The molecule has 10 heteroatoms. The minimum Gasteiger partial charge on any atom is -0.477 e. The number of carboxylic acid groups (broad SMARTS) is 1. The molecule has 0 aromatic carbocycles. The lowest BCUT2D eigenvalue weighted by Crippen LogP contribution is -2.60. The minimum absolute atomic E-state index is 0.0348. The third-order valence-corrected chi connectivity index (χ3v) is 5.28. The Morgan fingerprint density at radius 3 is 2.75 bits per heavy atom.